The number of piperidine rings is 1. The first-order valence-corrected chi connectivity index (χ1v) is 10.7. The number of hydrogen-bond donors (Lipinski definition) is 1. The lowest BCUT2D eigenvalue weighted by Crippen LogP contribution is -2.31. The van der Waals surface area contributed by atoms with E-state index in [0.717, 1.165) is 49.3 Å². The molecule has 29 heavy (non-hydrogen) atoms. The quantitative estimate of drug-likeness (QED) is 0.664. The van der Waals surface area contributed by atoms with E-state index in [9.17, 15) is 4.79 Å². The molecule has 1 aliphatic rings. The molecule has 0 radical (unpaired) electrons. The zero-order valence-electron chi connectivity index (χ0n) is 16.3. The Morgan fingerprint density at radius 3 is 2.83 bits per heavy atom. The number of aryl methyl sites for hydroxylation is 1. The van der Waals surface area contributed by atoms with Gasteiger partial charge in [-0.15, -0.1) is 10.2 Å². The van der Waals surface area contributed by atoms with Crippen LogP contribution >= 0.6 is 11.3 Å². The van der Waals surface area contributed by atoms with Crippen molar-refractivity contribution in [2.45, 2.75) is 39.0 Å². The molecule has 1 saturated heterocycles. The lowest BCUT2D eigenvalue weighted by atomic mass is 10.1. The summed E-state index contributed by atoms with van der Waals surface area (Å²) in [6, 6.07) is 3.73. The zero-order valence-corrected chi connectivity index (χ0v) is 17.2. The Morgan fingerprint density at radius 2 is 2.07 bits per heavy atom. The molecule has 0 unspecified atom stereocenters. The van der Waals surface area contributed by atoms with Crippen LogP contribution in [-0.2, 0) is 6.42 Å². The lowest BCUT2D eigenvalue weighted by molar-refractivity contribution is 0.102. The van der Waals surface area contributed by atoms with E-state index in [1.54, 1.807) is 18.6 Å². The van der Waals surface area contributed by atoms with Crippen molar-refractivity contribution in [3.63, 3.8) is 0 Å². The van der Waals surface area contributed by atoms with E-state index in [1.807, 2.05) is 12.1 Å². The van der Waals surface area contributed by atoms with Crippen molar-refractivity contribution in [1.29, 1.82) is 0 Å². The predicted octanol–water partition coefficient (Wildman–Crippen LogP) is 3.59. The van der Waals surface area contributed by atoms with Crippen LogP contribution in [0.2, 0.25) is 0 Å². The van der Waals surface area contributed by atoms with Crippen LogP contribution in [0.25, 0.3) is 11.3 Å². The molecule has 0 aliphatic carbocycles. The molecule has 3 aromatic rings. The second-order valence-corrected chi connectivity index (χ2v) is 7.99. The first kappa shape index (κ1) is 19.4. The van der Waals surface area contributed by atoms with E-state index in [4.69, 9.17) is 4.98 Å². The summed E-state index contributed by atoms with van der Waals surface area (Å²) in [5.74, 6) is 0.356. The second kappa shape index (κ2) is 9.04. The van der Waals surface area contributed by atoms with Gasteiger partial charge in [0.2, 0.25) is 11.1 Å². The van der Waals surface area contributed by atoms with Crippen molar-refractivity contribution >= 4 is 28.3 Å². The average molecular weight is 410 g/mol. The summed E-state index contributed by atoms with van der Waals surface area (Å²) in [7, 11) is 0. The van der Waals surface area contributed by atoms with Gasteiger partial charge in [-0.1, -0.05) is 18.3 Å². The van der Waals surface area contributed by atoms with E-state index in [-0.39, 0.29) is 5.91 Å². The minimum Gasteiger partial charge on any atom is -0.341 e. The molecule has 0 atom stereocenters. The highest BCUT2D eigenvalue weighted by Gasteiger charge is 2.21. The Morgan fingerprint density at radius 1 is 1.21 bits per heavy atom. The van der Waals surface area contributed by atoms with Gasteiger partial charge in [0, 0.05) is 43.7 Å². The maximum absolute atomic E-state index is 13.0. The summed E-state index contributed by atoms with van der Waals surface area (Å²) >= 11 is 1.39. The predicted molar refractivity (Wildman–Crippen MR) is 113 cm³/mol. The molecule has 0 spiro atoms. The number of nitrogens with one attached hydrogen (secondary N) is 1. The number of hydrogen-bond acceptors (Lipinski definition) is 8. The van der Waals surface area contributed by atoms with Crippen molar-refractivity contribution in [2.24, 2.45) is 0 Å². The van der Waals surface area contributed by atoms with Gasteiger partial charge in [-0.2, -0.15) is 0 Å². The van der Waals surface area contributed by atoms with E-state index < -0.39 is 0 Å². The molecule has 4 heterocycles. The van der Waals surface area contributed by atoms with Crippen molar-refractivity contribution in [2.75, 3.05) is 23.3 Å². The van der Waals surface area contributed by atoms with Gasteiger partial charge in [0.25, 0.3) is 5.91 Å². The van der Waals surface area contributed by atoms with E-state index in [1.165, 1.54) is 17.8 Å². The van der Waals surface area contributed by atoms with E-state index in [0.29, 0.717) is 22.3 Å². The highest BCUT2D eigenvalue weighted by molar-refractivity contribution is 7.15. The van der Waals surface area contributed by atoms with Crippen LogP contribution in [0.5, 0.6) is 0 Å². The molecule has 9 heteroatoms. The molecule has 0 saturated carbocycles. The number of rotatable bonds is 6. The number of anilines is 2. The number of aromatic nitrogens is 5. The molecule has 0 bridgehead atoms. The molecule has 1 N–H and O–H groups in total. The normalized spacial score (nSPS) is 14.0. The number of nitrogens with zero attached hydrogens (tertiary/aromatic N) is 6. The Kier molecular flexibility index (Phi) is 6.04. The van der Waals surface area contributed by atoms with Gasteiger partial charge in [0.1, 0.15) is 5.01 Å². The summed E-state index contributed by atoms with van der Waals surface area (Å²) in [6.07, 6.45) is 10.3. The molecular formula is C20H23N7OS. The molecule has 1 fully saturated rings. The standard InChI is InChI=1S/C20H23N7OS/c1-2-7-16-25-26-20(29-16)24-18(28)15-13-22-19(27-10-4-3-5-11-27)23-17(15)14-8-6-9-21-12-14/h6,8-9,12-13H,2-5,7,10-11H2,1H3,(H,24,26,28). The van der Waals surface area contributed by atoms with Gasteiger partial charge < -0.3 is 4.90 Å². The van der Waals surface area contributed by atoms with Gasteiger partial charge in [-0.3, -0.25) is 15.1 Å². The minimum atomic E-state index is -0.298. The Hall–Kier alpha value is -2.94. The molecule has 3 aromatic heterocycles. The zero-order chi connectivity index (χ0) is 20.1. The Labute approximate surface area is 173 Å². The van der Waals surface area contributed by atoms with Crippen molar-refractivity contribution in [1.82, 2.24) is 25.1 Å². The number of carbonyl (C=O) groups excluding carboxylic acids is 1. The lowest BCUT2D eigenvalue weighted by Gasteiger charge is -2.27. The summed E-state index contributed by atoms with van der Waals surface area (Å²) in [6.45, 7) is 3.95. The topological polar surface area (TPSA) is 96.8 Å². The van der Waals surface area contributed by atoms with E-state index >= 15 is 0 Å². The van der Waals surface area contributed by atoms with Crippen LogP contribution in [-0.4, -0.2) is 44.1 Å². The fourth-order valence-corrected chi connectivity index (χ4v) is 4.13. The fraction of sp³-hybridized carbons (Fsp3) is 0.400. The molecule has 1 aliphatic heterocycles. The highest BCUT2D eigenvalue weighted by atomic mass is 32.1. The maximum atomic E-state index is 13.0. The number of carbonyl (C=O) groups is 1. The van der Waals surface area contributed by atoms with Crippen LogP contribution in [0.3, 0.4) is 0 Å². The van der Waals surface area contributed by atoms with Crippen LogP contribution < -0.4 is 10.2 Å². The van der Waals surface area contributed by atoms with Crippen molar-refractivity contribution < 1.29 is 4.79 Å². The molecule has 4 rings (SSSR count). The number of amides is 1. The van der Waals surface area contributed by atoms with Gasteiger partial charge in [0.05, 0.1) is 11.3 Å². The van der Waals surface area contributed by atoms with E-state index in [2.05, 4.69) is 37.3 Å². The largest absolute Gasteiger partial charge is 0.341 e. The third-order valence-electron chi connectivity index (χ3n) is 4.75. The van der Waals surface area contributed by atoms with Crippen LogP contribution in [0.15, 0.2) is 30.7 Å². The smallest absolute Gasteiger partial charge is 0.261 e. The molecule has 150 valence electrons. The van der Waals surface area contributed by atoms with Gasteiger partial charge in [-0.05, 0) is 37.8 Å². The van der Waals surface area contributed by atoms with Crippen LogP contribution in [0, 0.1) is 0 Å². The fourth-order valence-electron chi connectivity index (χ4n) is 3.29. The van der Waals surface area contributed by atoms with Gasteiger partial charge in [0.15, 0.2) is 0 Å². The van der Waals surface area contributed by atoms with Crippen LogP contribution in [0.4, 0.5) is 11.1 Å². The first-order valence-electron chi connectivity index (χ1n) is 9.90. The van der Waals surface area contributed by atoms with Gasteiger partial charge >= 0.3 is 0 Å². The Bertz CT molecular complexity index is 970. The maximum Gasteiger partial charge on any atom is 0.261 e. The minimum absolute atomic E-state index is 0.298. The third kappa shape index (κ3) is 4.56. The molecule has 8 nitrogen and oxygen atoms in total. The van der Waals surface area contributed by atoms with Gasteiger partial charge in [-0.25, -0.2) is 9.97 Å². The molecule has 0 aromatic carbocycles. The monoisotopic (exact) mass is 409 g/mol. The summed E-state index contributed by atoms with van der Waals surface area (Å²) in [5, 5.41) is 12.4. The SMILES string of the molecule is CCCc1nnc(NC(=O)c2cnc(N3CCCCC3)nc2-c2cccnc2)s1. The Balaban J connectivity index is 1.64. The highest BCUT2D eigenvalue weighted by Crippen LogP contribution is 2.26. The average Bonchev–Trinajstić information content (AvgIpc) is 3.21. The molecular weight excluding hydrogens is 386 g/mol. The summed E-state index contributed by atoms with van der Waals surface area (Å²) in [4.78, 5) is 28.6. The first-order chi connectivity index (χ1) is 14.2. The number of pyridine rings is 1. The third-order valence-corrected chi connectivity index (χ3v) is 5.64. The van der Waals surface area contributed by atoms with Crippen LogP contribution in [0.1, 0.15) is 48.0 Å². The van der Waals surface area contributed by atoms with Crippen molar-refractivity contribution in [3.8, 4) is 11.3 Å². The van der Waals surface area contributed by atoms with Crippen molar-refractivity contribution in [3.05, 3.63) is 41.3 Å². The second-order valence-electron chi connectivity index (χ2n) is 6.93. The molecule has 1 amide bonds. The summed E-state index contributed by atoms with van der Waals surface area (Å²) in [5.41, 5.74) is 1.75. The summed E-state index contributed by atoms with van der Waals surface area (Å²) < 4.78 is 0.